The van der Waals surface area contributed by atoms with Gasteiger partial charge in [0, 0.05) is 24.4 Å². The van der Waals surface area contributed by atoms with Crippen molar-refractivity contribution in [2.75, 3.05) is 12.3 Å². The number of amides is 1. The highest BCUT2D eigenvalue weighted by Crippen LogP contribution is 2.27. The Hall–Kier alpha value is -2.11. The number of hydrogen-bond donors (Lipinski definition) is 2. The molecule has 6 heteroatoms. The highest BCUT2D eigenvalue weighted by Gasteiger charge is 2.17. The molecule has 0 bridgehead atoms. The fraction of sp³-hybridized carbons (Fsp3) is 0.500. The Morgan fingerprint density at radius 3 is 2.75 bits per heavy atom. The Morgan fingerprint density at radius 1 is 1.40 bits per heavy atom. The SMILES string of the molecule is Nc1ccc([N+](=O)[O-])cc1C(=O)NCCC1CCCC1. The third-order valence-corrected chi connectivity index (χ3v) is 3.81. The lowest BCUT2D eigenvalue weighted by Gasteiger charge is -2.10. The normalized spacial score (nSPS) is 15.2. The fourth-order valence-corrected chi connectivity index (χ4v) is 2.64. The topological polar surface area (TPSA) is 98.3 Å². The number of nitrogens with two attached hydrogens (primary N) is 1. The Kier molecular flexibility index (Phi) is 4.55. The zero-order valence-electron chi connectivity index (χ0n) is 11.3. The van der Waals surface area contributed by atoms with Crippen LogP contribution in [0.2, 0.25) is 0 Å². The van der Waals surface area contributed by atoms with Crippen LogP contribution in [0.3, 0.4) is 0 Å². The molecule has 0 spiro atoms. The molecular weight excluding hydrogens is 258 g/mol. The second-order valence-electron chi connectivity index (χ2n) is 5.22. The summed E-state index contributed by atoms with van der Waals surface area (Å²) >= 11 is 0. The van der Waals surface area contributed by atoms with E-state index in [1.165, 1.54) is 43.9 Å². The maximum absolute atomic E-state index is 12.0. The molecule has 1 amide bonds. The first-order chi connectivity index (χ1) is 9.58. The summed E-state index contributed by atoms with van der Waals surface area (Å²) in [6.07, 6.45) is 5.97. The van der Waals surface area contributed by atoms with Gasteiger partial charge in [0.15, 0.2) is 0 Å². The lowest BCUT2D eigenvalue weighted by atomic mass is 10.0. The summed E-state index contributed by atoms with van der Waals surface area (Å²) in [5, 5.41) is 13.5. The van der Waals surface area contributed by atoms with Gasteiger partial charge in [-0.3, -0.25) is 14.9 Å². The molecule has 0 saturated heterocycles. The number of nitro groups is 1. The van der Waals surface area contributed by atoms with Gasteiger partial charge in [-0.15, -0.1) is 0 Å². The van der Waals surface area contributed by atoms with Gasteiger partial charge >= 0.3 is 0 Å². The number of anilines is 1. The first kappa shape index (κ1) is 14.3. The van der Waals surface area contributed by atoms with Crippen LogP contribution < -0.4 is 11.1 Å². The Labute approximate surface area is 117 Å². The number of nitrogens with one attached hydrogen (secondary N) is 1. The second kappa shape index (κ2) is 6.36. The number of benzene rings is 1. The van der Waals surface area contributed by atoms with E-state index >= 15 is 0 Å². The van der Waals surface area contributed by atoms with Crippen LogP contribution in [0.1, 0.15) is 42.5 Å². The van der Waals surface area contributed by atoms with Gasteiger partial charge in [-0.2, -0.15) is 0 Å². The number of rotatable bonds is 5. The van der Waals surface area contributed by atoms with Crippen LogP contribution in [0.15, 0.2) is 18.2 Å². The smallest absolute Gasteiger partial charge is 0.270 e. The van der Waals surface area contributed by atoms with Crippen molar-refractivity contribution in [3.63, 3.8) is 0 Å². The van der Waals surface area contributed by atoms with Crippen molar-refractivity contribution in [3.05, 3.63) is 33.9 Å². The third kappa shape index (κ3) is 3.46. The lowest BCUT2D eigenvalue weighted by molar-refractivity contribution is -0.384. The average Bonchev–Trinajstić information content (AvgIpc) is 2.92. The summed E-state index contributed by atoms with van der Waals surface area (Å²) in [5.41, 5.74) is 6.01. The van der Waals surface area contributed by atoms with Crippen LogP contribution in [0.5, 0.6) is 0 Å². The minimum atomic E-state index is -0.533. The Bertz CT molecular complexity index is 510. The minimum absolute atomic E-state index is 0.125. The van der Waals surface area contributed by atoms with Gasteiger partial charge in [-0.25, -0.2) is 0 Å². The molecule has 1 aliphatic rings. The molecule has 1 aliphatic carbocycles. The zero-order valence-corrected chi connectivity index (χ0v) is 11.3. The van der Waals surface area contributed by atoms with Gasteiger partial charge < -0.3 is 11.1 Å². The summed E-state index contributed by atoms with van der Waals surface area (Å²) in [5.74, 6) is 0.349. The maximum Gasteiger partial charge on any atom is 0.270 e. The zero-order chi connectivity index (χ0) is 14.5. The van der Waals surface area contributed by atoms with Crippen molar-refractivity contribution >= 4 is 17.3 Å². The van der Waals surface area contributed by atoms with Crippen LogP contribution in [-0.2, 0) is 0 Å². The molecule has 1 aromatic carbocycles. The van der Waals surface area contributed by atoms with Gasteiger partial charge in [0.1, 0.15) is 0 Å². The van der Waals surface area contributed by atoms with Crippen LogP contribution in [-0.4, -0.2) is 17.4 Å². The molecule has 108 valence electrons. The molecule has 0 atom stereocenters. The fourth-order valence-electron chi connectivity index (χ4n) is 2.64. The quantitative estimate of drug-likeness (QED) is 0.490. The van der Waals surface area contributed by atoms with Gasteiger partial charge in [-0.1, -0.05) is 25.7 Å². The van der Waals surface area contributed by atoms with E-state index in [4.69, 9.17) is 5.73 Å². The third-order valence-electron chi connectivity index (χ3n) is 3.81. The van der Waals surface area contributed by atoms with Crippen LogP contribution in [0, 0.1) is 16.0 Å². The molecule has 0 unspecified atom stereocenters. The Balaban J connectivity index is 1.94. The highest BCUT2D eigenvalue weighted by atomic mass is 16.6. The molecule has 0 aromatic heterocycles. The molecule has 0 heterocycles. The average molecular weight is 277 g/mol. The van der Waals surface area contributed by atoms with Crippen molar-refractivity contribution in [2.24, 2.45) is 5.92 Å². The van der Waals surface area contributed by atoms with E-state index in [-0.39, 0.29) is 22.8 Å². The molecule has 6 nitrogen and oxygen atoms in total. The van der Waals surface area contributed by atoms with Crippen molar-refractivity contribution in [3.8, 4) is 0 Å². The minimum Gasteiger partial charge on any atom is -0.398 e. The monoisotopic (exact) mass is 277 g/mol. The van der Waals surface area contributed by atoms with Crippen molar-refractivity contribution < 1.29 is 9.72 Å². The Morgan fingerprint density at radius 2 is 2.10 bits per heavy atom. The summed E-state index contributed by atoms with van der Waals surface area (Å²) in [4.78, 5) is 22.2. The molecule has 20 heavy (non-hydrogen) atoms. The number of carbonyl (C=O) groups excluding carboxylic acids is 1. The summed E-state index contributed by atoms with van der Waals surface area (Å²) < 4.78 is 0. The standard InChI is InChI=1S/C14H19N3O3/c15-13-6-5-11(17(19)20)9-12(13)14(18)16-8-7-10-3-1-2-4-10/h5-6,9-10H,1-4,7-8,15H2,(H,16,18). The van der Waals surface area contributed by atoms with Crippen molar-refractivity contribution in [1.29, 1.82) is 0 Å². The number of non-ortho nitro benzene ring substituents is 1. The highest BCUT2D eigenvalue weighted by molar-refractivity contribution is 5.99. The van der Waals surface area contributed by atoms with Crippen molar-refractivity contribution in [2.45, 2.75) is 32.1 Å². The first-order valence-electron chi connectivity index (χ1n) is 6.90. The summed E-state index contributed by atoms with van der Waals surface area (Å²) in [7, 11) is 0. The number of hydrogen-bond acceptors (Lipinski definition) is 4. The molecule has 1 saturated carbocycles. The van der Waals surface area contributed by atoms with E-state index in [2.05, 4.69) is 5.32 Å². The van der Waals surface area contributed by atoms with Gasteiger partial charge in [0.05, 0.1) is 10.5 Å². The molecule has 0 aliphatic heterocycles. The predicted molar refractivity (Wildman–Crippen MR) is 76.4 cm³/mol. The first-order valence-corrected chi connectivity index (χ1v) is 6.90. The van der Waals surface area contributed by atoms with Crippen LogP contribution >= 0.6 is 0 Å². The molecular formula is C14H19N3O3. The maximum atomic E-state index is 12.0. The number of nitrogens with zero attached hydrogens (tertiary/aromatic N) is 1. The predicted octanol–water partition coefficient (Wildman–Crippen LogP) is 2.49. The molecule has 2 rings (SSSR count). The molecule has 1 fully saturated rings. The summed E-state index contributed by atoms with van der Waals surface area (Å²) in [6, 6.07) is 3.91. The molecule has 3 N–H and O–H groups in total. The van der Waals surface area contributed by atoms with E-state index in [9.17, 15) is 14.9 Å². The van der Waals surface area contributed by atoms with Gasteiger partial charge in [0.25, 0.3) is 11.6 Å². The van der Waals surface area contributed by atoms with E-state index in [0.717, 1.165) is 6.42 Å². The van der Waals surface area contributed by atoms with Crippen molar-refractivity contribution in [1.82, 2.24) is 5.32 Å². The van der Waals surface area contributed by atoms with Crippen LogP contribution in [0.4, 0.5) is 11.4 Å². The van der Waals surface area contributed by atoms with E-state index in [1.807, 2.05) is 0 Å². The largest absolute Gasteiger partial charge is 0.398 e. The van der Waals surface area contributed by atoms with Gasteiger partial charge in [0.2, 0.25) is 0 Å². The molecule has 0 radical (unpaired) electrons. The van der Waals surface area contributed by atoms with Gasteiger partial charge in [-0.05, 0) is 18.4 Å². The molecule has 1 aromatic rings. The second-order valence-corrected chi connectivity index (χ2v) is 5.22. The van der Waals surface area contributed by atoms with E-state index in [0.29, 0.717) is 12.5 Å². The van der Waals surface area contributed by atoms with E-state index < -0.39 is 4.92 Å². The van der Waals surface area contributed by atoms with Crippen LogP contribution in [0.25, 0.3) is 0 Å². The number of carbonyl (C=O) groups is 1. The number of nitrogen functional groups attached to an aromatic ring is 1. The number of nitro benzene ring substituents is 1. The summed E-state index contributed by atoms with van der Waals surface area (Å²) in [6.45, 7) is 0.589. The lowest BCUT2D eigenvalue weighted by Crippen LogP contribution is -2.26. The van der Waals surface area contributed by atoms with E-state index in [1.54, 1.807) is 0 Å².